The first-order valence-corrected chi connectivity index (χ1v) is 8.48. The lowest BCUT2D eigenvalue weighted by Gasteiger charge is -2.25. The van der Waals surface area contributed by atoms with Gasteiger partial charge in [0.2, 0.25) is 5.91 Å². The summed E-state index contributed by atoms with van der Waals surface area (Å²) in [6, 6.07) is 12.3. The van der Waals surface area contributed by atoms with Gasteiger partial charge in [0.05, 0.1) is 25.2 Å². The number of rotatable bonds is 5. The molecule has 0 aromatic heterocycles. The third kappa shape index (κ3) is 3.96. The van der Waals surface area contributed by atoms with E-state index < -0.39 is 5.97 Å². The third-order valence-corrected chi connectivity index (χ3v) is 4.19. The van der Waals surface area contributed by atoms with E-state index in [0.717, 1.165) is 17.1 Å². The van der Waals surface area contributed by atoms with E-state index in [2.05, 4.69) is 5.32 Å². The maximum absolute atomic E-state index is 12.6. The molecule has 1 atom stereocenters. The molecule has 0 aliphatic carbocycles. The van der Waals surface area contributed by atoms with Crippen LogP contribution in [-0.2, 0) is 16.0 Å². The summed E-state index contributed by atoms with van der Waals surface area (Å²) in [5, 5.41) is 2.85. The second-order valence-corrected chi connectivity index (χ2v) is 5.98. The number of esters is 1. The van der Waals surface area contributed by atoms with Crippen LogP contribution in [0.5, 0.6) is 11.5 Å². The minimum absolute atomic E-state index is 0.153. The molecule has 1 N–H and O–H groups in total. The molecule has 6 nitrogen and oxygen atoms in total. The van der Waals surface area contributed by atoms with Crippen LogP contribution >= 0.6 is 0 Å². The Morgan fingerprint density at radius 3 is 2.85 bits per heavy atom. The first-order valence-electron chi connectivity index (χ1n) is 8.48. The number of benzene rings is 2. The fourth-order valence-electron chi connectivity index (χ4n) is 2.85. The van der Waals surface area contributed by atoms with Crippen molar-refractivity contribution in [2.45, 2.75) is 13.3 Å². The highest BCUT2D eigenvalue weighted by molar-refractivity contribution is 5.95. The quantitative estimate of drug-likeness (QED) is 0.835. The largest absolute Gasteiger partial charge is 0.497 e. The van der Waals surface area contributed by atoms with Crippen LogP contribution in [0.2, 0.25) is 0 Å². The van der Waals surface area contributed by atoms with Crippen LogP contribution in [0.15, 0.2) is 42.5 Å². The van der Waals surface area contributed by atoms with Gasteiger partial charge in [-0.15, -0.1) is 0 Å². The number of carbonyl (C=O) groups is 2. The van der Waals surface area contributed by atoms with Crippen LogP contribution in [0.25, 0.3) is 0 Å². The summed E-state index contributed by atoms with van der Waals surface area (Å²) in [4.78, 5) is 24.4. The number of ether oxygens (including phenoxy) is 3. The summed E-state index contributed by atoms with van der Waals surface area (Å²) in [5.74, 6) is 0.626. The van der Waals surface area contributed by atoms with Gasteiger partial charge >= 0.3 is 5.97 Å². The van der Waals surface area contributed by atoms with E-state index in [4.69, 9.17) is 14.2 Å². The Kier molecular flexibility index (Phi) is 5.41. The molecule has 0 spiro atoms. The number of hydrogen-bond acceptors (Lipinski definition) is 5. The van der Waals surface area contributed by atoms with Gasteiger partial charge in [-0.1, -0.05) is 6.07 Å². The normalized spacial score (nSPS) is 15.4. The molecule has 0 bridgehead atoms. The monoisotopic (exact) mass is 355 g/mol. The first-order chi connectivity index (χ1) is 12.6. The molecule has 3 rings (SSSR count). The molecule has 0 saturated heterocycles. The second-order valence-electron chi connectivity index (χ2n) is 5.98. The topological polar surface area (TPSA) is 73.9 Å². The van der Waals surface area contributed by atoms with E-state index in [9.17, 15) is 9.59 Å². The zero-order chi connectivity index (χ0) is 18.5. The van der Waals surface area contributed by atoms with E-state index in [-0.39, 0.29) is 11.8 Å². The van der Waals surface area contributed by atoms with Crippen molar-refractivity contribution in [1.82, 2.24) is 0 Å². The Hall–Kier alpha value is -3.02. The lowest BCUT2D eigenvalue weighted by atomic mass is 9.95. The van der Waals surface area contributed by atoms with E-state index in [1.54, 1.807) is 38.3 Å². The Bertz CT molecular complexity index is 818. The van der Waals surface area contributed by atoms with E-state index >= 15 is 0 Å². The minimum Gasteiger partial charge on any atom is -0.497 e. The molecule has 1 amide bonds. The van der Waals surface area contributed by atoms with Gasteiger partial charge in [-0.25, -0.2) is 4.79 Å². The fraction of sp³-hybridized carbons (Fsp3) is 0.300. The van der Waals surface area contributed by atoms with Gasteiger partial charge in [-0.2, -0.15) is 0 Å². The molecule has 1 aliphatic heterocycles. The van der Waals surface area contributed by atoms with E-state index in [1.807, 2.05) is 18.2 Å². The van der Waals surface area contributed by atoms with Crippen molar-refractivity contribution in [2.24, 2.45) is 5.92 Å². The number of amides is 1. The maximum Gasteiger partial charge on any atom is 0.338 e. The highest BCUT2D eigenvalue weighted by Crippen LogP contribution is 2.31. The predicted molar refractivity (Wildman–Crippen MR) is 96.7 cm³/mol. The summed E-state index contributed by atoms with van der Waals surface area (Å²) >= 11 is 0. The average Bonchev–Trinajstić information content (AvgIpc) is 2.67. The average molecular weight is 355 g/mol. The SMILES string of the molecule is CCOC(=O)c1cccc(NC(=O)[C@@H]2COc3ccc(OC)cc3C2)c1. The predicted octanol–water partition coefficient (Wildman–Crippen LogP) is 3.06. The Morgan fingerprint density at radius 1 is 1.23 bits per heavy atom. The van der Waals surface area contributed by atoms with Gasteiger partial charge in [0.25, 0.3) is 0 Å². The molecule has 0 unspecified atom stereocenters. The molecular formula is C20H21NO5. The minimum atomic E-state index is -0.411. The van der Waals surface area contributed by atoms with Crippen molar-refractivity contribution < 1.29 is 23.8 Å². The molecule has 2 aromatic rings. The van der Waals surface area contributed by atoms with Crippen molar-refractivity contribution in [1.29, 1.82) is 0 Å². The zero-order valence-corrected chi connectivity index (χ0v) is 14.8. The van der Waals surface area contributed by atoms with Gasteiger partial charge < -0.3 is 19.5 Å². The Balaban J connectivity index is 1.69. The van der Waals surface area contributed by atoms with E-state index in [0.29, 0.717) is 30.9 Å². The van der Waals surface area contributed by atoms with Crippen LogP contribution in [0, 0.1) is 5.92 Å². The van der Waals surface area contributed by atoms with Gasteiger partial charge in [-0.05, 0) is 55.3 Å². The number of hydrogen-bond donors (Lipinski definition) is 1. The van der Waals surface area contributed by atoms with Gasteiger partial charge in [0.1, 0.15) is 18.1 Å². The number of fused-ring (bicyclic) bond motifs is 1. The zero-order valence-electron chi connectivity index (χ0n) is 14.8. The molecular weight excluding hydrogens is 334 g/mol. The van der Waals surface area contributed by atoms with Crippen molar-refractivity contribution >= 4 is 17.6 Å². The maximum atomic E-state index is 12.6. The molecule has 6 heteroatoms. The van der Waals surface area contributed by atoms with Crippen LogP contribution in [0.3, 0.4) is 0 Å². The third-order valence-electron chi connectivity index (χ3n) is 4.19. The van der Waals surface area contributed by atoms with Crippen LogP contribution in [-0.4, -0.2) is 32.2 Å². The molecule has 1 heterocycles. The standard InChI is InChI=1S/C20H21NO5/c1-3-25-20(23)13-5-4-6-16(10-13)21-19(22)15-9-14-11-17(24-2)7-8-18(14)26-12-15/h4-8,10-11,15H,3,9,12H2,1-2H3,(H,21,22)/t15-/m0/s1. The van der Waals surface area contributed by atoms with Crippen LogP contribution in [0.4, 0.5) is 5.69 Å². The molecule has 0 saturated carbocycles. The fourth-order valence-corrected chi connectivity index (χ4v) is 2.85. The van der Waals surface area contributed by atoms with Crippen LogP contribution in [0.1, 0.15) is 22.8 Å². The van der Waals surface area contributed by atoms with Crippen molar-refractivity contribution in [3.63, 3.8) is 0 Å². The van der Waals surface area contributed by atoms with Gasteiger partial charge in [-0.3, -0.25) is 4.79 Å². The smallest absolute Gasteiger partial charge is 0.338 e. The second kappa shape index (κ2) is 7.91. The summed E-state index contributed by atoms with van der Waals surface area (Å²) in [7, 11) is 1.60. The number of nitrogens with one attached hydrogen (secondary N) is 1. The first kappa shape index (κ1) is 17.8. The van der Waals surface area contributed by atoms with Crippen molar-refractivity contribution in [3.05, 3.63) is 53.6 Å². The summed E-state index contributed by atoms with van der Waals surface area (Å²) in [6.07, 6.45) is 0.565. The van der Waals surface area contributed by atoms with E-state index in [1.165, 1.54) is 0 Å². The molecule has 26 heavy (non-hydrogen) atoms. The molecule has 136 valence electrons. The molecule has 0 fully saturated rings. The highest BCUT2D eigenvalue weighted by atomic mass is 16.5. The lowest BCUT2D eigenvalue weighted by Crippen LogP contribution is -2.32. The Labute approximate surface area is 152 Å². The number of carbonyl (C=O) groups excluding carboxylic acids is 2. The van der Waals surface area contributed by atoms with Crippen molar-refractivity contribution in [3.8, 4) is 11.5 Å². The summed E-state index contributed by atoms with van der Waals surface area (Å²) < 4.78 is 15.9. The van der Waals surface area contributed by atoms with Gasteiger partial charge in [0, 0.05) is 5.69 Å². The highest BCUT2D eigenvalue weighted by Gasteiger charge is 2.26. The number of anilines is 1. The molecule has 0 radical (unpaired) electrons. The lowest BCUT2D eigenvalue weighted by molar-refractivity contribution is -0.121. The number of methoxy groups -OCH3 is 1. The van der Waals surface area contributed by atoms with Crippen molar-refractivity contribution in [2.75, 3.05) is 25.6 Å². The van der Waals surface area contributed by atoms with Gasteiger partial charge in [0.15, 0.2) is 0 Å². The summed E-state index contributed by atoms with van der Waals surface area (Å²) in [6.45, 7) is 2.36. The Morgan fingerprint density at radius 2 is 2.08 bits per heavy atom. The molecule has 1 aliphatic rings. The summed E-state index contributed by atoms with van der Waals surface area (Å²) in [5.41, 5.74) is 1.90. The van der Waals surface area contributed by atoms with Crippen LogP contribution < -0.4 is 14.8 Å². The molecule has 2 aromatic carbocycles.